The van der Waals surface area contributed by atoms with Crippen LogP contribution in [0.4, 0.5) is 4.39 Å². The fourth-order valence-electron chi connectivity index (χ4n) is 3.37. The summed E-state index contributed by atoms with van der Waals surface area (Å²) in [5.41, 5.74) is 0.451. The summed E-state index contributed by atoms with van der Waals surface area (Å²) in [6, 6.07) is 3.86. The van der Waals surface area contributed by atoms with Crippen molar-refractivity contribution in [2.45, 2.75) is 24.6 Å². The lowest BCUT2D eigenvalue weighted by molar-refractivity contribution is -0.135. The Hall–Kier alpha value is -0.930. The average Bonchev–Trinajstić information content (AvgIpc) is 2.58. The second-order valence-electron chi connectivity index (χ2n) is 6.42. The molecular formula is C16H22Cl2FN3O3S. The number of piperidine rings is 1. The number of piperazine rings is 1. The lowest BCUT2D eigenvalue weighted by Crippen LogP contribution is -2.57. The molecule has 0 bridgehead atoms. The van der Waals surface area contributed by atoms with E-state index < -0.39 is 15.8 Å². The summed E-state index contributed by atoms with van der Waals surface area (Å²) in [4.78, 5) is 13.8. The van der Waals surface area contributed by atoms with Gasteiger partial charge in [-0.15, -0.1) is 12.4 Å². The molecule has 2 heterocycles. The molecule has 3 rings (SSSR count). The molecule has 146 valence electrons. The van der Waals surface area contributed by atoms with E-state index in [2.05, 4.69) is 5.32 Å². The third-order valence-corrected chi connectivity index (χ3v) is 6.76. The van der Waals surface area contributed by atoms with Crippen molar-refractivity contribution < 1.29 is 17.6 Å². The van der Waals surface area contributed by atoms with Crippen molar-refractivity contribution in [2.24, 2.45) is 0 Å². The number of hydrogen-bond acceptors (Lipinski definition) is 4. The smallest absolute Gasteiger partial charge is 0.236 e. The van der Waals surface area contributed by atoms with Gasteiger partial charge in [0.2, 0.25) is 15.9 Å². The molecule has 1 N–H and O–H groups in total. The van der Waals surface area contributed by atoms with Crippen molar-refractivity contribution in [3.05, 3.63) is 34.6 Å². The minimum atomic E-state index is -3.56. The van der Waals surface area contributed by atoms with Gasteiger partial charge < -0.3 is 10.2 Å². The fourth-order valence-corrected chi connectivity index (χ4v) is 5.16. The molecule has 0 aliphatic carbocycles. The van der Waals surface area contributed by atoms with Gasteiger partial charge in [-0.3, -0.25) is 4.79 Å². The number of benzene rings is 1. The molecule has 2 aliphatic heterocycles. The summed E-state index contributed by atoms with van der Waals surface area (Å²) < 4.78 is 40.2. The molecule has 0 saturated carbocycles. The van der Waals surface area contributed by atoms with Crippen LogP contribution in [-0.2, 0) is 20.6 Å². The van der Waals surface area contributed by atoms with Gasteiger partial charge in [-0.05, 0) is 30.5 Å². The van der Waals surface area contributed by atoms with Crippen molar-refractivity contribution in [2.75, 3.05) is 32.7 Å². The Bertz CT molecular complexity index is 763. The van der Waals surface area contributed by atoms with Gasteiger partial charge in [-0.2, -0.15) is 4.31 Å². The predicted octanol–water partition coefficient (Wildman–Crippen LogP) is 1.63. The quantitative estimate of drug-likeness (QED) is 0.795. The van der Waals surface area contributed by atoms with E-state index in [1.807, 2.05) is 0 Å². The molecule has 2 saturated heterocycles. The largest absolute Gasteiger partial charge is 0.336 e. The Labute approximate surface area is 164 Å². The Morgan fingerprint density at radius 2 is 2.08 bits per heavy atom. The van der Waals surface area contributed by atoms with Gasteiger partial charge in [-0.1, -0.05) is 17.7 Å². The van der Waals surface area contributed by atoms with Crippen LogP contribution in [0.25, 0.3) is 0 Å². The van der Waals surface area contributed by atoms with E-state index in [1.54, 1.807) is 4.90 Å². The van der Waals surface area contributed by atoms with Crippen LogP contribution in [0.15, 0.2) is 18.2 Å². The van der Waals surface area contributed by atoms with Gasteiger partial charge in [0, 0.05) is 32.2 Å². The third kappa shape index (κ3) is 4.86. The third-order valence-electron chi connectivity index (χ3n) is 4.65. The molecule has 2 fully saturated rings. The number of hydrogen-bond donors (Lipinski definition) is 1. The summed E-state index contributed by atoms with van der Waals surface area (Å²) in [6.07, 6.45) is 1.52. The summed E-state index contributed by atoms with van der Waals surface area (Å²) in [7, 11) is -3.56. The minimum Gasteiger partial charge on any atom is -0.336 e. The number of nitrogens with one attached hydrogen (secondary N) is 1. The first-order valence-corrected chi connectivity index (χ1v) is 10.3. The summed E-state index contributed by atoms with van der Waals surface area (Å²) >= 11 is 5.74. The standard InChI is InChI=1S/C16H21ClFN3O3S.ClH/c17-14-8-12(3-4-15(14)18)11-25(23,24)20-6-1-2-13(10-20)21-7-5-19-9-16(21)22;/h3-4,8,13,19H,1-2,5-7,9-11H2;1H. The van der Waals surface area contributed by atoms with E-state index >= 15 is 0 Å². The van der Waals surface area contributed by atoms with E-state index in [4.69, 9.17) is 11.6 Å². The minimum absolute atomic E-state index is 0. The lowest BCUT2D eigenvalue weighted by Gasteiger charge is -2.40. The van der Waals surface area contributed by atoms with Crippen LogP contribution in [0.3, 0.4) is 0 Å². The summed E-state index contributed by atoms with van der Waals surface area (Å²) in [5.74, 6) is -0.784. The first-order valence-electron chi connectivity index (χ1n) is 8.29. The van der Waals surface area contributed by atoms with Crippen LogP contribution in [0.2, 0.25) is 5.02 Å². The molecule has 1 aromatic carbocycles. The zero-order valence-electron chi connectivity index (χ0n) is 14.2. The topological polar surface area (TPSA) is 69.7 Å². The first kappa shape index (κ1) is 21.4. The van der Waals surface area contributed by atoms with Crippen molar-refractivity contribution in [1.82, 2.24) is 14.5 Å². The normalized spacial score (nSPS) is 22.2. The summed E-state index contributed by atoms with van der Waals surface area (Å²) in [6.45, 7) is 2.38. The molecule has 2 aliphatic rings. The molecule has 6 nitrogen and oxygen atoms in total. The Morgan fingerprint density at radius 1 is 1.31 bits per heavy atom. The molecule has 1 unspecified atom stereocenters. The Balaban J connectivity index is 0.00000243. The van der Waals surface area contributed by atoms with E-state index in [0.29, 0.717) is 38.2 Å². The molecule has 0 radical (unpaired) electrons. The molecule has 1 amide bonds. The highest BCUT2D eigenvalue weighted by Gasteiger charge is 2.34. The number of rotatable bonds is 4. The number of carbonyl (C=O) groups is 1. The molecular weight excluding hydrogens is 404 g/mol. The molecule has 1 atom stereocenters. The maximum Gasteiger partial charge on any atom is 0.236 e. The van der Waals surface area contributed by atoms with Crippen LogP contribution < -0.4 is 5.32 Å². The molecule has 10 heteroatoms. The van der Waals surface area contributed by atoms with Gasteiger partial charge in [-0.25, -0.2) is 12.8 Å². The van der Waals surface area contributed by atoms with Crippen molar-refractivity contribution in [3.63, 3.8) is 0 Å². The van der Waals surface area contributed by atoms with Crippen LogP contribution in [-0.4, -0.2) is 62.3 Å². The second kappa shape index (κ2) is 8.84. The highest BCUT2D eigenvalue weighted by atomic mass is 35.5. The SMILES string of the molecule is Cl.O=C1CNCCN1C1CCCN(S(=O)(=O)Cc2ccc(F)c(Cl)c2)C1. The predicted molar refractivity (Wildman–Crippen MR) is 100 cm³/mol. The van der Waals surface area contributed by atoms with Gasteiger partial charge in [0.05, 0.1) is 17.3 Å². The zero-order valence-corrected chi connectivity index (χ0v) is 16.5. The first-order chi connectivity index (χ1) is 11.9. The number of amides is 1. The highest BCUT2D eigenvalue weighted by Crippen LogP contribution is 2.23. The van der Waals surface area contributed by atoms with Gasteiger partial charge in [0.25, 0.3) is 0 Å². The second-order valence-corrected chi connectivity index (χ2v) is 8.80. The molecule has 0 spiro atoms. The zero-order chi connectivity index (χ0) is 18.0. The average molecular weight is 426 g/mol. The number of sulfonamides is 1. The van der Waals surface area contributed by atoms with Gasteiger partial charge >= 0.3 is 0 Å². The van der Waals surface area contributed by atoms with Gasteiger partial charge in [0.1, 0.15) is 5.82 Å². The van der Waals surface area contributed by atoms with Crippen molar-refractivity contribution in [3.8, 4) is 0 Å². The van der Waals surface area contributed by atoms with Crippen molar-refractivity contribution in [1.29, 1.82) is 0 Å². The van der Waals surface area contributed by atoms with E-state index in [9.17, 15) is 17.6 Å². The highest BCUT2D eigenvalue weighted by molar-refractivity contribution is 7.88. The molecule has 1 aromatic rings. The monoisotopic (exact) mass is 425 g/mol. The molecule has 0 aromatic heterocycles. The maximum absolute atomic E-state index is 13.2. The number of carbonyl (C=O) groups excluding carboxylic acids is 1. The van der Waals surface area contributed by atoms with Gasteiger partial charge in [0.15, 0.2) is 0 Å². The van der Waals surface area contributed by atoms with E-state index in [0.717, 1.165) is 13.0 Å². The lowest BCUT2D eigenvalue weighted by atomic mass is 10.1. The number of nitrogens with zero attached hydrogens (tertiary/aromatic N) is 2. The summed E-state index contributed by atoms with van der Waals surface area (Å²) in [5, 5.41) is 2.93. The number of halogens is 3. The van der Waals surface area contributed by atoms with Crippen LogP contribution in [0.5, 0.6) is 0 Å². The van der Waals surface area contributed by atoms with Crippen LogP contribution >= 0.6 is 24.0 Å². The van der Waals surface area contributed by atoms with Crippen molar-refractivity contribution >= 4 is 39.9 Å². The van der Waals surface area contributed by atoms with E-state index in [-0.39, 0.29) is 35.1 Å². The Morgan fingerprint density at radius 3 is 2.77 bits per heavy atom. The maximum atomic E-state index is 13.2. The van der Waals surface area contributed by atoms with Crippen LogP contribution in [0, 0.1) is 5.82 Å². The molecule has 26 heavy (non-hydrogen) atoms. The van der Waals surface area contributed by atoms with Crippen LogP contribution in [0.1, 0.15) is 18.4 Å². The fraction of sp³-hybridized carbons (Fsp3) is 0.562. The van der Waals surface area contributed by atoms with E-state index in [1.165, 1.54) is 22.5 Å². The Kier molecular flexibility index (Phi) is 7.27.